The molecule has 2 aromatic rings. The number of fused-ring (bicyclic) bond motifs is 1. The fourth-order valence-corrected chi connectivity index (χ4v) is 4.20. The van der Waals surface area contributed by atoms with E-state index in [4.69, 9.17) is 9.97 Å². The van der Waals surface area contributed by atoms with Gasteiger partial charge in [-0.15, -0.1) is 0 Å². The summed E-state index contributed by atoms with van der Waals surface area (Å²) in [6.07, 6.45) is 5.08. The Labute approximate surface area is 161 Å². The normalized spacial score (nSPS) is 17.0. The average Bonchev–Trinajstić information content (AvgIpc) is 3.21. The van der Waals surface area contributed by atoms with Gasteiger partial charge in [0.1, 0.15) is 5.82 Å². The summed E-state index contributed by atoms with van der Waals surface area (Å²) >= 11 is 0. The maximum Gasteiger partial charge on any atom is 0.225 e. The van der Waals surface area contributed by atoms with Crippen LogP contribution in [0.2, 0.25) is 0 Å². The number of nitrogens with zero attached hydrogens (tertiary/aromatic N) is 4. The summed E-state index contributed by atoms with van der Waals surface area (Å²) in [5.41, 5.74) is 3.61. The number of anilines is 1. The molecular formula is C22H28N4O. The number of aromatic nitrogens is 2. The van der Waals surface area contributed by atoms with Crippen molar-refractivity contribution >= 4 is 11.7 Å². The molecule has 142 valence electrons. The summed E-state index contributed by atoms with van der Waals surface area (Å²) in [6, 6.07) is 10.2. The Morgan fingerprint density at radius 3 is 2.59 bits per heavy atom. The molecule has 1 aromatic carbocycles. The topological polar surface area (TPSA) is 49.3 Å². The van der Waals surface area contributed by atoms with Gasteiger partial charge in [0.05, 0.1) is 0 Å². The molecule has 1 aromatic heterocycles. The first-order valence-electron chi connectivity index (χ1n) is 10.1. The Kier molecular flexibility index (Phi) is 5.10. The van der Waals surface area contributed by atoms with Crippen molar-refractivity contribution in [2.75, 3.05) is 31.6 Å². The van der Waals surface area contributed by atoms with Crippen LogP contribution in [0.25, 0.3) is 11.4 Å². The maximum absolute atomic E-state index is 12.5. The summed E-state index contributed by atoms with van der Waals surface area (Å²) in [5.74, 6) is 2.37. The standard InChI is InChI=1S/C22H28N4O/c1-3-25(2)22(27)17-12-14-26(15-13-17)21-18-10-7-11-19(18)23-20(24-21)16-8-5-4-6-9-16/h4-6,8-9,17H,3,7,10-15H2,1-2H3. The predicted octanol–water partition coefficient (Wildman–Crippen LogP) is 3.33. The summed E-state index contributed by atoms with van der Waals surface area (Å²) in [4.78, 5) is 26.5. The van der Waals surface area contributed by atoms with Crippen LogP contribution in [-0.2, 0) is 17.6 Å². The highest BCUT2D eigenvalue weighted by molar-refractivity contribution is 5.79. The van der Waals surface area contributed by atoms with Crippen molar-refractivity contribution in [2.45, 2.75) is 39.0 Å². The third-order valence-corrected chi connectivity index (χ3v) is 5.94. The molecule has 0 saturated carbocycles. The largest absolute Gasteiger partial charge is 0.356 e. The third kappa shape index (κ3) is 3.55. The minimum Gasteiger partial charge on any atom is -0.356 e. The van der Waals surface area contributed by atoms with Crippen molar-refractivity contribution in [1.82, 2.24) is 14.9 Å². The molecule has 0 atom stereocenters. The van der Waals surface area contributed by atoms with Crippen LogP contribution >= 0.6 is 0 Å². The minimum absolute atomic E-state index is 0.148. The fourth-order valence-electron chi connectivity index (χ4n) is 4.20. The van der Waals surface area contributed by atoms with Crippen LogP contribution in [0.1, 0.15) is 37.4 Å². The van der Waals surface area contributed by atoms with Gasteiger partial charge in [-0.1, -0.05) is 30.3 Å². The van der Waals surface area contributed by atoms with E-state index in [1.807, 2.05) is 37.1 Å². The minimum atomic E-state index is 0.148. The second-order valence-electron chi connectivity index (χ2n) is 7.63. The van der Waals surface area contributed by atoms with E-state index in [2.05, 4.69) is 17.0 Å². The van der Waals surface area contributed by atoms with Gasteiger partial charge in [0, 0.05) is 49.4 Å². The summed E-state index contributed by atoms with van der Waals surface area (Å²) in [5, 5.41) is 0. The van der Waals surface area contributed by atoms with Crippen molar-refractivity contribution in [3.8, 4) is 11.4 Å². The zero-order chi connectivity index (χ0) is 18.8. The van der Waals surface area contributed by atoms with Crippen LogP contribution in [0.4, 0.5) is 5.82 Å². The van der Waals surface area contributed by atoms with Gasteiger partial charge in [-0.05, 0) is 39.0 Å². The molecule has 1 saturated heterocycles. The Morgan fingerprint density at radius 1 is 1.15 bits per heavy atom. The van der Waals surface area contributed by atoms with Crippen LogP contribution in [0.3, 0.4) is 0 Å². The molecule has 0 bridgehead atoms. The van der Waals surface area contributed by atoms with Gasteiger partial charge >= 0.3 is 0 Å². The number of benzene rings is 1. The number of amides is 1. The molecule has 1 fully saturated rings. The highest BCUT2D eigenvalue weighted by atomic mass is 16.2. The number of rotatable bonds is 4. The van der Waals surface area contributed by atoms with E-state index in [9.17, 15) is 4.79 Å². The van der Waals surface area contributed by atoms with E-state index < -0.39 is 0 Å². The number of aryl methyl sites for hydroxylation is 1. The summed E-state index contributed by atoms with van der Waals surface area (Å²) in [6.45, 7) is 4.60. The van der Waals surface area contributed by atoms with Crippen LogP contribution < -0.4 is 4.90 Å². The average molecular weight is 364 g/mol. The number of carbonyl (C=O) groups is 1. The molecule has 2 aliphatic rings. The van der Waals surface area contributed by atoms with E-state index in [0.717, 1.165) is 68.9 Å². The van der Waals surface area contributed by atoms with Crippen LogP contribution in [0, 0.1) is 5.92 Å². The molecule has 0 radical (unpaired) electrons. The molecule has 1 aliphatic heterocycles. The smallest absolute Gasteiger partial charge is 0.225 e. The number of carbonyl (C=O) groups excluding carboxylic acids is 1. The molecule has 1 aliphatic carbocycles. The number of piperidine rings is 1. The van der Waals surface area contributed by atoms with Crippen molar-refractivity contribution in [2.24, 2.45) is 5.92 Å². The van der Waals surface area contributed by atoms with Gasteiger partial charge in [0.15, 0.2) is 5.82 Å². The molecule has 2 heterocycles. The van der Waals surface area contributed by atoms with Crippen molar-refractivity contribution in [3.05, 3.63) is 41.6 Å². The first kappa shape index (κ1) is 18.0. The monoisotopic (exact) mass is 364 g/mol. The van der Waals surface area contributed by atoms with Crippen molar-refractivity contribution in [3.63, 3.8) is 0 Å². The molecule has 1 amide bonds. The fraction of sp³-hybridized carbons (Fsp3) is 0.500. The first-order valence-corrected chi connectivity index (χ1v) is 10.1. The van der Waals surface area contributed by atoms with Gasteiger partial charge in [0.25, 0.3) is 0 Å². The maximum atomic E-state index is 12.5. The zero-order valence-corrected chi connectivity index (χ0v) is 16.3. The van der Waals surface area contributed by atoms with Crippen molar-refractivity contribution < 1.29 is 4.79 Å². The van der Waals surface area contributed by atoms with E-state index in [-0.39, 0.29) is 11.8 Å². The van der Waals surface area contributed by atoms with Crippen LogP contribution in [0.5, 0.6) is 0 Å². The van der Waals surface area contributed by atoms with Gasteiger partial charge in [-0.25, -0.2) is 9.97 Å². The molecule has 0 unspecified atom stereocenters. The Bertz CT molecular complexity index is 813. The Balaban J connectivity index is 1.58. The number of hydrogen-bond acceptors (Lipinski definition) is 4. The van der Waals surface area contributed by atoms with Crippen LogP contribution in [-0.4, -0.2) is 47.5 Å². The molecule has 0 N–H and O–H groups in total. The lowest BCUT2D eigenvalue weighted by molar-refractivity contribution is -0.134. The molecule has 4 rings (SSSR count). The highest BCUT2D eigenvalue weighted by Gasteiger charge is 2.30. The second kappa shape index (κ2) is 7.67. The third-order valence-electron chi connectivity index (χ3n) is 5.94. The van der Waals surface area contributed by atoms with E-state index in [1.54, 1.807) is 0 Å². The Morgan fingerprint density at radius 2 is 1.89 bits per heavy atom. The van der Waals surface area contributed by atoms with Crippen molar-refractivity contribution in [1.29, 1.82) is 0 Å². The highest BCUT2D eigenvalue weighted by Crippen LogP contribution is 2.33. The molecule has 27 heavy (non-hydrogen) atoms. The van der Waals surface area contributed by atoms with Gasteiger partial charge in [-0.3, -0.25) is 4.79 Å². The lowest BCUT2D eigenvalue weighted by atomic mass is 9.95. The second-order valence-corrected chi connectivity index (χ2v) is 7.63. The molecular weight excluding hydrogens is 336 g/mol. The quantitative estimate of drug-likeness (QED) is 0.835. The van der Waals surface area contributed by atoms with Gasteiger partial charge in [0.2, 0.25) is 5.91 Å². The lowest BCUT2D eigenvalue weighted by Gasteiger charge is -2.34. The molecule has 0 spiro atoms. The Hall–Kier alpha value is -2.43. The predicted molar refractivity (Wildman–Crippen MR) is 108 cm³/mol. The summed E-state index contributed by atoms with van der Waals surface area (Å²) < 4.78 is 0. The van der Waals surface area contributed by atoms with Crippen LogP contribution in [0.15, 0.2) is 30.3 Å². The molecule has 5 heteroatoms. The number of hydrogen-bond donors (Lipinski definition) is 0. The van der Waals surface area contributed by atoms with Gasteiger partial charge < -0.3 is 9.80 Å². The SMILES string of the molecule is CCN(C)C(=O)C1CCN(c2nc(-c3ccccc3)nc3c2CCC3)CC1. The van der Waals surface area contributed by atoms with Gasteiger partial charge in [-0.2, -0.15) is 0 Å². The van der Waals surface area contributed by atoms with E-state index in [1.165, 1.54) is 11.3 Å². The zero-order valence-electron chi connectivity index (χ0n) is 16.3. The van der Waals surface area contributed by atoms with E-state index in [0.29, 0.717) is 0 Å². The van der Waals surface area contributed by atoms with E-state index >= 15 is 0 Å². The lowest BCUT2D eigenvalue weighted by Crippen LogP contribution is -2.41. The first-order chi connectivity index (χ1) is 13.2. The summed E-state index contributed by atoms with van der Waals surface area (Å²) in [7, 11) is 1.90. The molecule has 5 nitrogen and oxygen atoms in total.